The summed E-state index contributed by atoms with van der Waals surface area (Å²) in [6.07, 6.45) is 2.35. The Morgan fingerprint density at radius 1 is 1.12 bits per heavy atom. The highest BCUT2D eigenvalue weighted by atomic mass is 16.5. The molecule has 0 aliphatic heterocycles. The summed E-state index contributed by atoms with van der Waals surface area (Å²) in [5.41, 5.74) is 0.793. The molecule has 0 bridgehead atoms. The van der Waals surface area contributed by atoms with Crippen molar-refractivity contribution in [1.82, 2.24) is 0 Å². The van der Waals surface area contributed by atoms with Gasteiger partial charge in [0.05, 0.1) is 5.39 Å². The van der Waals surface area contributed by atoms with Crippen molar-refractivity contribution in [3.05, 3.63) is 69.1 Å². The predicted octanol–water partition coefficient (Wildman–Crippen LogP) is 4.20. The quantitative estimate of drug-likeness (QED) is 0.236. The second-order valence-corrected chi connectivity index (χ2v) is 7.56. The third-order valence-corrected chi connectivity index (χ3v) is 4.81. The average molecular weight is 437 g/mol. The first-order chi connectivity index (χ1) is 15.1. The summed E-state index contributed by atoms with van der Waals surface area (Å²) in [6.45, 7) is 6.67. The van der Waals surface area contributed by atoms with Gasteiger partial charge in [0, 0.05) is 18.1 Å². The molecule has 0 saturated carbocycles. The molecular weight excluding hydrogens is 414 g/mol. The van der Waals surface area contributed by atoms with Crippen molar-refractivity contribution in [2.75, 3.05) is 5.32 Å². The Labute approximate surface area is 183 Å². The van der Waals surface area contributed by atoms with Crippen LogP contribution in [0.5, 0.6) is 17.2 Å². The van der Waals surface area contributed by atoms with Crippen molar-refractivity contribution in [2.24, 2.45) is 0 Å². The molecule has 3 N–H and O–H groups in total. The first-order valence-electron chi connectivity index (χ1n) is 9.83. The molecule has 0 spiro atoms. The van der Waals surface area contributed by atoms with Gasteiger partial charge >= 0.3 is 11.6 Å². The van der Waals surface area contributed by atoms with E-state index >= 15 is 0 Å². The fourth-order valence-corrected chi connectivity index (χ4v) is 3.12. The van der Waals surface area contributed by atoms with E-state index in [9.17, 15) is 24.6 Å². The maximum atomic E-state index is 12.8. The van der Waals surface area contributed by atoms with E-state index in [0.717, 1.165) is 5.57 Å². The van der Waals surface area contributed by atoms with Gasteiger partial charge in [-0.25, -0.2) is 4.79 Å². The molecule has 0 saturated heterocycles. The van der Waals surface area contributed by atoms with E-state index in [0.29, 0.717) is 17.7 Å². The Bertz CT molecular complexity index is 1310. The van der Waals surface area contributed by atoms with Crippen LogP contribution in [0, 0.1) is 6.92 Å². The van der Waals surface area contributed by atoms with Gasteiger partial charge < -0.3 is 24.7 Å². The lowest BCUT2D eigenvalue weighted by atomic mass is 10.0. The molecule has 166 valence electrons. The SMILES string of the molecule is CC(=O)Oc1ccc(C(=O)Nc2c(O)c3ccc(O)c(C)c3oc2=O)cc1CC=C(C)C. The van der Waals surface area contributed by atoms with E-state index in [2.05, 4.69) is 5.32 Å². The van der Waals surface area contributed by atoms with Crippen LogP contribution >= 0.6 is 0 Å². The fraction of sp³-hybridized carbons (Fsp3) is 0.208. The van der Waals surface area contributed by atoms with Crippen molar-refractivity contribution in [1.29, 1.82) is 0 Å². The molecule has 8 nitrogen and oxygen atoms in total. The molecule has 2 aromatic carbocycles. The summed E-state index contributed by atoms with van der Waals surface area (Å²) in [5.74, 6) is -1.37. The minimum Gasteiger partial charge on any atom is -0.508 e. The largest absolute Gasteiger partial charge is 0.508 e. The van der Waals surface area contributed by atoms with E-state index in [1.807, 2.05) is 19.9 Å². The second kappa shape index (κ2) is 8.97. The van der Waals surface area contributed by atoms with Gasteiger partial charge in [-0.2, -0.15) is 0 Å². The van der Waals surface area contributed by atoms with Crippen LogP contribution in [0.3, 0.4) is 0 Å². The number of carbonyl (C=O) groups excluding carboxylic acids is 2. The number of amides is 1. The number of phenolic OH excluding ortho intramolecular Hbond substituents is 1. The molecule has 3 aromatic rings. The van der Waals surface area contributed by atoms with Crippen molar-refractivity contribution < 1.29 is 29.0 Å². The van der Waals surface area contributed by atoms with Gasteiger partial charge in [-0.05, 0) is 63.1 Å². The number of fused-ring (bicyclic) bond motifs is 1. The number of aromatic hydroxyl groups is 2. The Hall–Kier alpha value is -4.07. The van der Waals surface area contributed by atoms with Crippen molar-refractivity contribution in [3.63, 3.8) is 0 Å². The molecule has 0 unspecified atom stereocenters. The van der Waals surface area contributed by atoms with E-state index in [1.165, 1.54) is 38.1 Å². The van der Waals surface area contributed by atoms with Crippen LogP contribution in [0.1, 0.15) is 42.3 Å². The van der Waals surface area contributed by atoms with Gasteiger partial charge in [0.2, 0.25) is 0 Å². The average Bonchev–Trinajstić information content (AvgIpc) is 2.72. The Kier molecular flexibility index (Phi) is 6.34. The standard InChI is InChI=1S/C24H23NO7/c1-12(2)5-6-15-11-16(7-10-19(15)31-14(4)26)23(29)25-20-21(28)17-8-9-18(27)13(3)22(17)32-24(20)30/h5,7-11,27-28H,6H2,1-4H3,(H,25,29). The van der Waals surface area contributed by atoms with E-state index in [4.69, 9.17) is 9.15 Å². The highest BCUT2D eigenvalue weighted by Crippen LogP contribution is 2.34. The summed E-state index contributed by atoms with van der Waals surface area (Å²) in [6, 6.07) is 7.24. The number of anilines is 1. The number of carbonyl (C=O) groups is 2. The van der Waals surface area contributed by atoms with E-state index in [1.54, 1.807) is 6.07 Å². The minimum atomic E-state index is -0.960. The first kappa shape index (κ1) is 22.6. The Balaban J connectivity index is 1.99. The van der Waals surface area contributed by atoms with E-state index in [-0.39, 0.29) is 27.8 Å². The van der Waals surface area contributed by atoms with Gasteiger partial charge in [0.25, 0.3) is 5.91 Å². The number of aryl methyl sites for hydroxylation is 1. The Morgan fingerprint density at radius 2 is 1.84 bits per heavy atom. The zero-order valence-electron chi connectivity index (χ0n) is 18.1. The predicted molar refractivity (Wildman–Crippen MR) is 119 cm³/mol. The van der Waals surface area contributed by atoms with Crippen LogP contribution in [0.15, 0.2) is 51.2 Å². The van der Waals surface area contributed by atoms with E-state index < -0.39 is 28.9 Å². The molecule has 0 atom stereocenters. The van der Waals surface area contributed by atoms with Crippen LogP contribution in [-0.4, -0.2) is 22.1 Å². The van der Waals surface area contributed by atoms with Crippen LogP contribution in [0.4, 0.5) is 5.69 Å². The summed E-state index contributed by atoms with van der Waals surface area (Å²) < 4.78 is 10.4. The van der Waals surface area contributed by atoms with Crippen LogP contribution in [-0.2, 0) is 11.2 Å². The number of phenols is 1. The number of esters is 1. The lowest BCUT2D eigenvalue weighted by Crippen LogP contribution is -2.18. The molecule has 0 radical (unpaired) electrons. The number of benzene rings is 2. The van der Waals surface area contributed by atoms with Crippen molar-refractivity contribution in [2.45, 2.75) is 34.1 Å². The summed E-state index contributed by atoms with van der Waals surface area (Å²) in [4.78, 5) is 36.6. The Morgan fingerprint density at radius 3 is 2.50 bits per heavy atom. The summed E-state index contributed by atoms with van der Waals surface area (Å²) in [7, 11) is 0. The third-order valence-electron chi connectivity index (χ3n) is 4.81. The van der Waals surface area contributed by atoms with Gasteiger partial charge in [-0.3, -0.25) is 9.59 Å². The normalized spacial score (nSPS) is 10.6. The van der Waals surface area contributed by atoms with Crippen molar-refractivity contribution in [3.8, 4) is 17.2 Å². The molecule has 0 fully saturated rings. The second-order valence-electron chi connectivity index (χ2n) is 7.56. The van der Waals surface area contributed by atoms with Crippen LogP contribution in [0.25, 0.3) is 11.0 Å². The van der Waals surface area contributed by atoms with Crippen LogP contribution in [0.2, 0.25) is 0 Å². The third kappa shape index (κ3) is 4.64. The van der Waals surface area contributed by atoms with Crippen molar-refractivity contribution >= 4 is 28.5 Å². The number of nitrogens with one attached hydrogen (secondary N) is 1. The fourth-order valence-electron chi connectivity index (χ4n) is 3.12. The molecule has 1 amide bonds. The lowest BCUT2D eigenvalue weighted by molar-refractivity contribution is -0.131. The monoisotopic (exact) mass is 437 g/mol. The number of hydrogen-bond acceptors (Lipinski definition) is 7. The zero-order valence-corrected chi connectivity index (χ0v) is 18.1. The number of allylic oxidation sites excluding steroid dienone is 2. The topological polar surface area (TPSA) is 126 Å². The molecule has 1 heterocycles. The smallest absolute Gasteiger partial charge is 0.364 e. The molecule has 8 heteroatoms. The molecule has 0 aliphatic carbocycles. The van der Waals surface area contributed by atoms with Gasteiger partial charge in [0.15, 0.2) is 11.4 Å². The number of rotatable bonds is 5. The molecule has 0 aliphatic rings. The lowest BCUT2D eigenvalue weighted by Gasteiger charge is -2.12. The zero-order chi connectivity index (χ0) is 23.6. The highest BCUT2D eigenvalue weighted by Gasteiger charge is 2.20. The summed E-state index contributed by atoms with van der Waals surface area (Å²) >= 11 is 0. The number of ether oxygens (including phenoxy) is 1. The highest BCUT2D eigenvalue weighted by molar-refractivity contribution is 6.06. The minimum absolute atomic E-state index is 0.0280. The maximum Gasteiger partial charge on any atom is 0.364 e. The summed E-state index contributed by atoms with van der Waals surface area (Å²) in [5, 5.41) is 22.9. The van der Waals surface area contributed by atoms with Gasteiger partial charge in [0.1, 0.15) is 17.1 Å². The molecule has 3 rings (SSSR count). The van der Waals surface area contributed by atoms with Gasteiger partial charge in [-0.1, -0.05) is 11.6 Å². The molecule has 32 heavy (non-hydrogen) atoms. The maximum absolute atomic E-state index is 12.8. The number of hydrogen-bond donors (Lipinski definition) is 3. The van der Waals surface area contributed by atoms with Gasteiger partial charge in [-0.15, -0.1) is 0 Å². The molecular formula is C24H23NO7. The molecule has 1 aromatic heterocycles. The first-order valence-corrected chi connectivity index (χ1v) is 9.83. The van der Waals surface area contributed by atoms with Crippen LogP contribution < -0.4 is 15.7 Å².